The first-order valence-electron chi connectivity index (χ1n) is 7.08. The van der Waals surface area contributed by atoms with Crippen molar-refractivity contribution < 1.29 is 55.1 Å². The minimum absolute atomic E-state index is 0.667. The lowest BCUT2D eigenvalue weighted by Crippen LogP contribution is -2.64. The van der Waals surface area contributed by atoms with E-state index >= 15 is 0 Å². The molecule has 0 amide bonds. The van der Waals surface area contributed by atoms with Crippen molar-refractivity contribution >= 4 is 0 Å². The second-order valence-electron chi connectivity index (χ2n) is 5.53. The molecule has 8 N–H and O–H groups in total. The van der Waals surface area contributed by atoms with Crippen LogP contribution in [0.1, 0.15) is 0 Å². The third kappa shape index (κ3) is 3.65. The summed E-state index contributed by atoms with van der Waals surface area (Å²) in [5.74, 6) is 0. The topological polar surface area (TPSA) is 190 Å². The monoisotopic (exact) mass is 342 g/mol. The van der Waals surface area contributed by atoms with Crippen molar-refractivity contribution in [2.75, 3.05) is 13.2 Å². The van der Waals surface area contributed by atoms with Crippen LogP contribution in [0.25, 0.3) is 0 Å². The highest BCUT2D eigenvalue weighted by Crippen LogP contribution is 2.28. The molecule has 0 aliphatic carbocycles. The van der Waals surface area contributed by atoms with Crippen molar-refractivity contribution in [3.8, 4) is 0 Å². The molecular formula is C12H22O11. The largest absolute Gasteiger partial charge is 0.394 e. The maximum absolute atomic E-state index is 9.94. The van der Waals surface area contributed by atoms with Gasteiger partial charge in [-0.2, -0.15) is 0 Å². The fourth-order valence-corrected chi connectivity index (χ4v) is 2.57. The predicted molar refractivity (Wildman–Crippen MR) is 68.6 cm³/mol. The normalized spacial score (nSPS) is 51.7. The first kappa shape index (κ1) is 18.9. The van der Waals surface area contributed by atoms with E-state index in [1.807, 2.05) is 0 Å². The molecule has 0 saturated carbocycles. The van der Waals surface area contributed by atoms with Gasteiger partial charge in [0.05, 0.1) is 13.2 Å². The summed E-state index contributed by atoms with van der Waals surface area (Å²) in [4.78, 5) is 0. The molecule has 23 heavy (non-hydrogen) atoms. The number of hydrogen-bond donors (Lipinski definition) is 8. The van der Waals surface area contributed by atoms with Gasteiger partial charge in [-0.3, -0.25) is 0 Å². The third-order valence-corrected chi connectivity index (χ3v) is 3.98. The van der Waals surface area contributed by atoms with Gasteiger partial charge in [-0.25, -0.2) is 0 Å². The average Bonchev–Trinajstić information content (AvgIpc) is 2.55. The second-order valence-corrected chi connectivity index (χ2v) is 5.53. The Kier molecular flexibility index (Phi) is 6.27. The van der Waals surface area contributed by atoms with Gasteiger partial charge in [0.25, 0.3) is 0 Å². The molecule has 136 valence electrons. The lowest BCUT2D eigenvalue weighted by molar-refractivity contribution is -0.355. The molecule has 0 bridgehead atoms. The Morgan fingerprint density at radius 3 is 1.83 bits per heavy atom. The summed E-state index contributed by atoms with van der Waals surface area (Å²) >= 11 is 0. The standard InChI is InChI=1S/C12H22O11/c13-1-3-5(15)6(16)9(19)12(22-3)23-10-4(2-14)21-11(20)8(18)7(10)17/h3-20H,1-2H2/t3?,4?,5-,6-,7?,8?,9?,10+,11+,12-/m0/s1. The minimum atomic E-state index is -1.74. The fraction of sp³-hybridized carbons (Fsp3) is 1.00. The van der Waals surface area contributed by atoms with Gasteiger partial charge in [0, 0.05) is 0 Å². The molecule has 2 aliphatic heterocycles. The highest BCUT2D eigenvalue weighted by atomic mass is 16.7. The SMILES string of the molecule is OCC1O[C@@H](O)C(O)C(O)[C@@H]1O[C@@H]1OC(CO)[C@H](O)[C@H](O)C1O. The molecule has 5 unspecified atom stereocenters. The van der Waals surface area contributed by atoms with Crippen molar-refractivity contribution in [2.24, 2.45) is 0 Å². The summed E-state index contributed by atoms with van der Waals surface area (Å²) in [5, 5.41) is 76.5. The smallest absolute Gasteiger partial charge is 0.187 e. The van der Waals surface area contributed by atoms with E-state index in [1.54, 1.807) is 0 Å². The summed E-state index contributed by atoms with van der Waals surface area (Å²) in [5.41, 5.74) is 0. The van der Waals surface area contributed by atoms with Gasteiger partial charge in [0.1, 0.15) is 48.8 Å². The van der Waals surface area contributed by atoms with Crippen LogP contribution in [0.15, 0.2) is 0 Å². The Morgan fingerprint density at radius 1 is 0.652 bits per heavy atom. The van der Waals surface area contributed by atoms with Gasteiger partial charge in [-0.15, -0.1) is 0 Å². The fourth-order valence-electron chi connectivity index (χ4n) is 2.57. The molecule has 2 fully saturated rings. The van der Waals surface area contributed by atoms with Crippen LogP contribution in [-0.2, 0) is 14.2 Å². The molecule has 0 aromatic heterocycles. The van der Waals surface area contributed by atoms with E-state index in [2.05, 4.69) is 0 Å². The summed E-state index contributed by atoms with van der Waals surface area (Å²) in [6.07, 6.45) is -15.6. The molecule has 2 saturated heterocycles. The summed E-state index contributed by atoms with van der Waals surface area (Å²) in [6, 6.07) is 0. The Hall–Kier alpha value is -0.440. The molecule has 0 aromatic rings. The van der Waals surface area contributed by atoms with Gasteiger partial charge < -0.3 is 55.1 Å². The molecule has 11 heteroatoms. The zero-order valence-electron chi connectivity index (χ0n) is 12.0. The summed E-state index contributed by atoms with van der Waals surface area (Å²) < 4.78 is 15.3. The van der Waals surface area contributed by atoms with Crippen molar-refractivity contribution in [3.63, 3.8) is 0 Å². The van der Waals surface area contributed by atoms with Gasteiger partial charge in [0.2, 0.25) is 0 Å². The molecule has 2 rings (SSSR count). The van der Waals surface area contributed by atoms with E-state index < -0.39 is 74.6 Å². The van der Waals surface area contributed by atoms with E-state index in [0.29, 0.717) is 0 Å². The molecule has 2 aliphatic rings. The van der Waals surface area contributed by atoms with Crippen molar-refractivity contribution in [1.29, 1.82) is 0 Å². The van der Waals surface area contributed by atoms with Crippen molar-refractivity contribution in [3.05, 3.63) is 0 Å². The average molecular weight is 342 g/mol. The Labute approximate surface area is 130 Å². The first-order chi connectivity index (χ1) is 10.8. The number of ether oxygens (including phenoxy) is 3. The first-order valence-corrected chi connectivity index (χ1v) is 7.08. The molecule has 11 nitrogen and oxygen atoms in total. The van der Waals surface area contributed by atoms with Gasteiger partial charge in [-0.1, -0.05) is 0 Å². The second kappa shape index (κ2) is 7.63. The number of aliphatic hydroxyl groups is 8. The quantitative estimate of drug-likeness (QED) is 0.243. The highest BCUT2D eigenvalue weighted by Gasteiger charge is 2.50. The molecule has 0 spiro atoms. The summed E-state index contributed by atoms with van der Waals surface area (Å²) in [7, 11) is 0. The third-order valence-electron chi connectivity index (χ3n) is 3.98. The lowest BCUT2D eigenvalue weighted by atomic mass is 9.97. The van der Waals surface area contributed by atoms with Crippen LogP contribution in [0, 0.1) is 0 Å². The molecule has 2 heterocycles. The zero-order valence-corrected chi connectivity index (χ0v) is 12.0. The van der Waals surface area contributed by atoms with Crippen LogP contribution in [0.2, 0.25) is 0 Å². The Bertz CT molecular complexity index is 378. The van der Waals surface area contributed by atoms with Crippen molar-refractivity contribution in [1.82, 2.24) is 0 Å². The van der Waals surface area contributed by atoms with Crippen LogP contribution >= 0.6 is 0 Å². The lowest BCUT2D eigenvalue weighted by Gasteiger charge is -2.45. The molecule has 0 radical (unpaired) electrons. The van der Waals surface area contributed by atoms with Gasteiger partial charge >= 0.3 is 0 Å². The van der Waals surface area contributed by atoms with Gasteiger partial charge in [-0.05, 0) is 0 Å². The van der Waals surface area contributed by atoms with E-state index in [1.165, 1.54) is 0 Å². The molecular weight excluding hydrogens is 320 g/mol. The van der Waals surface area contributed by atoms with Crippen LogP contribution in [0.4, 0.5) is 0 Å². The van der Waals surface area contributed by atoms with E-state index in [-0.39, 0.29) is 0 Å². The number of aliphatic hydroxyl groups excluding tert-OH is 8. The number of hydrogen-bond acceptors (Lipinski definition) is 11. The highest BCUT2D eigenvalue weighted by molar-refractivity contribution is 4.93. The predicted octanol–water partition coefficient (Wildman–Crippen LogP) is -5.40. The van der Waals surface area contributed by atoms with E-state index in [0.717, 1.165) is 0 Å². The zero-order chi connectivity index (χ0) is 17.3. The maximum atomic E-state index is 9.94. The van der Waals surface area contributed by atoms with Gasteiger partial charge in [0.15, 0.2) is 12.6 Å². The van der Waals surface area contributed by atoms with Crippen molar-refractivity contribution in [2.45, 2.75) is 61.4 Å². The van der Waals surface area contributed by atoms with Crippen LogP contribution in [0.5, 0.6) is 0 Å². The maximum Gasteiger partial charge on any atom is 0.187 e. The van der Waals surface area contributed by atoms with Crippen LogP contribution in [-0.4, -0.2) is 115 Å². The minimum Gasteiger partial charge on any atom is -0.394 e. The Balaban J connectivity index is 2.11. The molecule has 10 atom stereocenters. The summed E-state index contributed by atoms with van der Waals surface area (Å²) in [6.45, 7) is -1.35. The van der Waals surface area contributed by atoms with E-state index in [4.69, 9.17) is 19.3 Å². The molecule has 0 aromatic carbocycles. The van der Waals surface area contributed by atoms with E-state index in [9.17, 15) is 35.7 Å². The Morgan fingerprint density at radius 2 is 1.26 bits per heavy atom. The number of rotatable bonds is 4. The van der Waals surface area contributed by atoms with Crippen LogP contribution < -0.4 is 0 Å². The van der Waals surface area contributed by atoms with Crippen LogP contribution in [0.3, 0.4) is 0 Å².